The second kappa shape index (κ2) is 7.73. The minimum absolute atomic E-state index is 0.698. The Morgan fingerprint density at radius 2 is 1.64 bits per heavy atom. The number of aromatic nitrogens is 1. The molecule has 28 heavy (non-hydrogen) atoms. The third-order valence-corrected chi connectivity index (χ3v) is 5.17. The summed E-state index contributed by atoms with van der Waals surface area (Å²) in [4.78, 5) is 0. The summed E-state index contributed by atoms with van der Waals surface area (Å²) in [5, 5.41) is 43.6. The van der Waals surface area contributed by atoms with Gasteiger partial charge in [0, 0.05) is 11.6 Å². The van der Waals surface area contributed by atoms with E-state index in [2.05, 4.69) is 5.16 Å². The van der Waals surface area contributed by atoms with Gasteiger partial charge in [-0.25, -0.2) is 0 Å². The predicted octanol–water partition coefficient (Wildman–Crippen LogP) is 1.67. The van der Waals surface area contributed by atoms with Crippen molar-refractivity contribution in [3.8, 4) is 0 Å². The molecule has 7 heteroatoms. The highest BCUT2D eigenvalue weighted by atomic mass is 16.5. The topological polar surface area (TPSA) is 107 Å². The zero-order valence-corrected chi connectivity index (χ0v) is 15.0. The van der Waals surface area contributed by atoms with Gasteiger partial charge in [-0.3, -0.25) is 0 Å². The van der Waals surface area contributed by atoms with E-state index in [-0.39, 0.29) is 0 Å². The fraction of sp³-hybridized carbons (Fsp3) is 0.286. The molecule has 4 N–H and O–H groups in total. The van der Waals surface area contributed by atoms with Crippen LogP contribution < -0.4 is 0 Å². The van der Waals surface area contributed by atoms with Gasteiger partial charge in [0.05, 0.1) is 11.7 Å². The second-order valence-corrected chi connectivity index (χ2v) is 6.97. The van der Waals surface area contributed by atoms with Crippen LogP contribution in [0.1, 0.15) is 17.4 Å². The number of aliphatic hydroxyl groups is 3. The average Bonchev–Trinajstić information content (AvgIpc) is 3.08. The van der Waals surface area contributed by atoms with Crippen LogP contribution in [0.15, 0.2) is 65.9 Å². The lowest BCUT2D eigenvalue weighted by Crippen LogP contribution is -2.55. The Bertz CT molecular complexity index is 971. The maximum atomic E-state index is 10.5. The molecule has 0 unspecified atom stereocenters. The maximum Gasteiger partial charge on any atom is 0.163 e. The highest BCUT2D eigenvalue weighted by molar-refractivity contribution is 5.84. The Hall–Kier alpha value is -2.71. The monoisotopic (exact) mass is 382 g/mol. The molecule has 1 aliphatic heterocycles. The largest absolute Gasteiger partial charge is 0.411 e. The maximum absolute atomic E-state index is 10.5. The van der Waals surface area contributed by atoms with Crippen LogP contribution >= 0.6 is 0 Å². The lowest BCUT2D eigenvalue weighted by Gasteiger charge is -2.39. The molecule has 3 aromatic rings. The van der Waals surface area contributed by atoms with Crippen LogP contribution in [0.4, 0.5) is 0 Å². The first-order valence-corrected chi connectivity index (χ1v) is 9.09. The first-order chi connectivity index (χ1) is 13.6. The van der Waals surface area contributed by atoms with Crippen LogP contribution in [0.3, 0.4) is 0 Å². The fourth-order valence-electron chi connectivity index (χ4n) is 3.75. The molecule has 1 aromatic heterocycles. The molecule has 1 fully saturated rings. The Morgan fingerprint density at radius 3 is 2.39 bits per heavy atom. The smallest absolute Gasteiger partial charge is 0.163 e. The van der Waals surface area contributed by atoms with Crippen molar-refractivity contribution < 1.29 is 25.3 Å². The van der Waals surface area contributed by atoms with Crippen LogP contribution in [0.2, 0.25) is 0 Å². The highest BCUT2D eigenvalue weighted by Crippen LogP contribution is 2.33. The molecule has 0 spiro atoms. The van der Waals surface area contributed by atoms with Gasteiger partial charge < -0.3 is 29.8 Å². The summed E-state index contributed by atoms with van der Waals surface area (Å²) in [6.45, 7) is 0. The quantitative estimate of drug-likeness (QED) is 0.312. The Balaban J connectivity index is 1.76. The van der Waals surface area contributed by atoms with Crippen molar-refractivity contribution in [3.63, 3.8) is 0 Å². The number of para-hydroxylation sites is 1. The van der Waals surface area contributed by atoms with Crippen molar-refractivity contribution in [2.24, 2.45) is 5.16 Å². The summed E-state index contributed by atoms with van der Waals surface area (Å²) in [5.74, 6) is 0. The van der Waals surface area contributed by atoms with Crippen molar-refractivity contribution >= 4 is 17.1 Å². The van der Waals surface area contributed by atoms with Gasteiger partial charge in [-0.2, -0.15) is 0 Å². The normalized spacial score (nSPS) is 28.2. The van der Waals surface area contributed by atoms with E-state index in [0.29, 0.717) is 6.42 Å². The van der Waals surface area contributed by atoms with Gasteiger partial charge in [0.15, 0.2) is 6.23 Å². The van der Waals surface area contributed by atoms with Crippen molar-refractivity contribution in [1.82, 2.24) is 4.57 Å². The van der Waals surface area contributed by atoms with Crippen molar-refractivity contribution in [2.45, 2.75) is 37.1 Å². The van der Waals surface area contributed by atoms with E-state index >= 15 is 0 Å². The lowest BCUT2D eigenvalue weighted by molar-refractivity contribution is -0.225. The third kappa shape index (κ3) is 3.29. The van der Waals surface area contributed by atoms with Crippen LogP contribution in [-0.4, -0.2) is 55.7 Å². The number of hydrogen-bond donors (Lipinski definition) is 4. The van der Waals surface area contributed by atoms with Gasteiger partial charge in [-0.1, -0.05) is 53.7 Å². The Labute approximate surface area is 161 Å². The van der Waals surface area contributed by atoms with Crippen LogP contribution in [0.5, 0.6) is 0 Å². The molecule has 1 saturated heterocycles. The first kappa shape index (κ1) is 18.6. The molecule has 0 aliphatic carbocycles. The van der Waals surface area contributed by atoms with Gasteiger partial charge in [0.1, 0.15) is 24.4 Å². The van der Waals surface area contributed by atoms with Crippen LogP contribution in [-0.2, 0) is 11.2 Å². The summed E-state index contributed by atoms with van der Waals surface area (Å²) in [5.41, 5.74) is 3.03. The SMILES string of the molecule is O/N=C/[C@H]1O[C@@H](n2cc(Cc3ccccc3)c3ccccc32)[C@H](O)[C@@H](O)[C@@H]1O. The summed E-state index contributed by atoms with van der Waals surface area (Å²) in [6, 6.07) is 17.8. The molecular formula is C21H22N2O5. The molecule has 0 bridgehead atoms. The zero-order valence-electron chi connectivity index (χ0n) is 15.0. The Morgan fingerprint density at radius 1 is 0.929 bits per heavy atom. The van der Waals surface area contributed by atoms with Crippen LogP contribution in [0, 0.1) is 0 Å². The third-order valence-electron chi connectivity index (χ3n) is 5.17. The molecule has 4 rings (SSSR count). The van der Waals surface area contributed by atoms with E-state index in [4.69, 9.17) is 9.94 Å². The molecule has 0 amide bonds. The molecular weight excluding hydrogens is 360 g/mol. The molecule has 5 atom stereocenters. The number of nitrogens with zero attached hydrogens (tertiary/aromatic N) is 2. The van der Waals surface area contributed by atoms with Gasteiger partial charge in [0.2, 0.25) is 0 Å². The number of rotatable bonds is 4. The number of hydrogen-bond acceptors (Lipinski definition) is 6. The highest BCUT2D eigenvalue weighted by Gasteiger charge is 2.44. The van der Waals surface area contributed by atoms with Gasteiger partial charge in [-0.05, 0) is 23.6 Å². The molecule has 0 radical (unpaired) electrons. The molecule has 0 saturated carbocycles. The number of oxime groups is 1. The van der Waals surface area contributed by atoms with E-state index in [1.54, 1.807) is 4.57 Å². The molecule has 2 aromatic carbocycles. The van der Waals surface area contributed by atoms with Gasteiger partial charge in [0.25, 0.3) is 0 Å². The number of fused-ring (bicyclic) bond motifs is 1. The standard InChI is InChI=1S/C21H22N2O5/c24-18-17(11-22-27)28-21(20(26)19(18)25)23-12-14(10-13-6-2-1-3-7-13)15-8-4-5-9-16(15)23/h1-9,11-12,17-21,24-27H,10H2/b22-11+/t17-,18-,19+,20-,21-/m1/s1. The minimum Gasteiger partial charge on any atom is -0.411 e. The van der Waals surface area contributed by atoms with E-state index in [1.165, 1.54) is 0 Å². The second-order valence-electron chi connectivity index (χ2n) is 6.97. The van der Waals surface area contributed by atoms with Crippen LogP contribution in [0.25, 0.3) is 10.9 Å². The zero-order chi connectivity index (χ0) is 19.7. The predicted molar refractivity (Wildman–Crippen MR) is 103 cm³/mol. The summed E-state index contributed by atoms with van der Waals surface area (Å²) < 4.78 is 7.53. The van der Waals surface area contributed by atoms with E-state index in [1.807, 2.05) is 60.8 Å². The fourth-order valence-corrected chi connectivity index (χ4v) is 3.75. The summed E-state index contributed by atoms with van der Waals surface area (Å²) in [6.07, 6.45) is -2.59. The molecule has 146 valence electrons. The summed E-state index contributed by atoms with van der Waals surface area (Å²) in [7, 11) is 0. The van der Waals surface area contributed by atoms with E-state index < -0.39 is 30.6 Å². The number of benzene rings is 2. The first-order valence-electron chi connectivity index (χ1n) is 9.09. The van der Waals surface area contributed by atoms with Gasteiger partial charge >= 0.3 is 0 Å². The molecule has 7 nitrogen and oxygen atoms in total. The Kier molecular flexibility index (Phi) is 5.15. The van der Waals surface area contributed by atoms with E-state index in [0.717, 1.165) is 28.2 Å². The van der Waals surface area contributed by atoms with E-state index in [9.17, 15) is 15.3 Å². The van der Waals surface area contributed by atoms with Crippen molar-refractivity contribution in [3.05, 3.63) is 71.9 Å². The molecule has 2 heterocycles. The average molecular weight is 382 g/mol. The molecule has 1 aliphatic rings. The lowest BCUT2D eigenvalue weighted by atomic mass is 9.98. The van der Waals surface area contributed by atoms with Crippen molar-refractivity contribution in [1.29, 1.82) is 0 Å². The van der Waals surface area contributed by atoms with Gasteiger partial charge in [-0.15, -0.1) is 0 Å². The number of ether oxygens (including phenoxy) is 1. The minimum atomic E-state index is -1.44. The van der Waals surface area contributed by atoms with Crippen molar-refractivity contribution in [2.75, 3.05) is 0 Å². The number of aliphatic hydroxyl groups excluding tert-OH is 3. The summed E-state index contributed by atoms with van der Waals surface area (Å²) >= 11 is 0.